The first-order chi connectivity index (χ1) is 6.88. The molecule has 1 unspecified atom stereocenters. The maximum atomic E-state index is 13.7. The molecule has 2 rings (SSSR count). The minimum atomic E-state index is -2.73. The highest BCUT2D eigenvalue weighted by atomic mass is 19.3. The topological polar surface area (TPSA) is 46.3 Å². The molecule has 1 spiro atoms. The molecule has 1 aliphatic heterocycles. The molecule has 2 aliphatic rings. The third-order valence-electron chi connectivity index (χ3n) is 3.58. The molecule has 1 heterocycles. The highest BCUT2D eigenvalue weighted by molar-refractivity contribution is 5.81. The van der Waals surface area contributed by atoms with Crippen molar-refractivity contribution in [1.82, 2.24) is 4.90 Å². The number of rotatable bonds is 1. The van der Waals surface area contributed by atoms with Gasteiger partial charge < -0.3 is 10.6 Å². The Bertz CT molecular complexity index is 287. The van der Waals surface area contributed by atoms with Crippen LogP contribution in [0, 0.1) is 5.41 Å². The first kappa shape index (κ1) is 10.8. The Kier molecular flexibility index (Phi) is 2.26. The van der Waals surface area contributed by atoms with Crippen LogP contribution in [-0.2, 0) is 4.79 Å². The summed E-state index contributed by atoms with van der Waals surface area (Å²) in [6.45, 7) is 1.51. The summed E-state index contributed by atoms with van der Waals surface area (Å²) < 4.78 is 27.4. The van der Waals surface area contributed by atoms with E-state index in [2.05, 4.69) is 0 Å². The van der Waals surface area contributed by atoms with Crippen LogP contribution in [0.15, 0.2) is 0 Å². The molecular formula is C10H16F2N2O. The molecule has 1 amide bonds. The third kappa shape index (κ3) is 1.62. The van der Waals surface area contributed by atoms with E-state index in [0.29, 0.717) is 25.8 Å². The molecule has 0 aromatic rings. The number of carbonyl (C=O) groups excluding carboxylic acids is 1. The fourth-order valence-corrected chi connectivity index (χ4v) is 2.26. The van der Waals surface area contributed by atoms with Gasteiger partial charge in [-0.2, -0.15) is 0 Å². The maximum absolute atomic E-state index is 13.7. The molecule has 0 bridgehead atoms. The standard InChI is InChI=1S/C10H16F2N2O/c1-7(13)8(15)14-5-4-9(2-3-9)10(11,12)6-14/h7H,2-6,13H2,1H3. The van der Waals surface area contributed by atoms with E-state index in [1.165, 1.54) is 11.8 Å². The van der Waals surface area contributed by atoms with E-state index < -0.39 is 23.9 Å². The van der Waals surface area contributed by atoms with Gasteiger partial charge in [-0.05, 0) is 26.2 Å². The van der Waals surface area contributed by atoms with Crippen LogP contribution in [0.1, 0.15) is 26.2 Å². The summed E-state index contributed by atoms with van der Waals surface area (Å²) in [5.41, 5.74) is 4.61. The van der Waals surface area contributed by atoms with Crippen LogP contribution in [0.2, 0.25) is 0 Å². The molecule has 1 aliphatic carbocycles. The Morgan fingerprint density at radius 3 is 2.40 bits per heavy atom. The fourth-order valence-electron chi connectivity index (χ4n) is 2.26. The lowest BCUT2D eigenvalue weighted by molar-refractivity contribution is -0.155. The molecule has 1 saturated heterocycles. The van der Waals surface area contributed by atoms with Crippen LogP contribution in [-0.4, -0.2) is 35.9 Å². The predicted molar refractivity (Wildman–Crippen MR) is 51.5 cm³/mol. The zero-order chi connectivity index (χ0) is 11.3. The van der Waals surface area contributed by atoms with Crippen LogP contribution in [0.25, 0.3) is 0 Å². The Balaban J connectivity index is 2.06. The first-order valence-electron chi connectivity index (χ1n) is 5.30. The van der Waals surface area contributed by atoms with E-state index in [1.807, 2.05) is 0 Å². The molecule has 1 atom stereocenters. The smallest absolute Gasteiger partial charge is 0.270 e. The monoisotopic (exact) mass is 218 g/mol. The molecule has 0 aromatic heterocycles. The fraction of sp³-hybridized carbons (Fsp3) is 0.900. The van der Waals surface area contributed by atoms with E-state index >= 15 is 0 Å². The number of piperidine rings is 1. The summed E-state index contributed by atoms with van der Waals surface area (Å²) in [6.07, 6.45) is 1.61. The van der Waals surface area contributed by atoms with Gasteiger partial charge in [0, 0.05) is 12.0 Å². The first-order valence-corrected chi connectivity index (χ1v) is 5.30. The van der Waals surface area contributed by atoms with Gasteiger partial charge in [0.05, 0.1) is 12.6 Å². The number of hydrogen-bond acceptors (Lipinski definition) is 2. The van der Waals surface area contributed by atoms with Crippen molar-refractivity contribution in [1.29, 1.82) is 0 Å². The molecule has 2 fully saturated rings. The van der Waals surface area contributed by atoms with Gasteiger partial charge in [0.15, 0.2) is 0 Å². The molecule has 86 valence electrons. The average Bonchev–Trinajstić information content (AvgIpc) is 2.90. The highest BCUT2D eigenvalue weighted by Gasteiger charge is 2.64. The van der Waals surface area contributed by atoms with Gasteiger partial charge in [-0.15, -0.1) is 0 Å². The Labute approximate surface area is 87.6 Å². The quantitative estimate of drug-likeness (QED) is 0.713. The number of hydrogen-bond donors (Lipinski definition) is 1. The second-order valence-corrected chi connectivity index (χ2v) is 4.78. The van der Waals surface area contributed by atoms with Gasteiger partial charge >= 0.3 is 0 Å². The third-order valence-corrected chi connectivity index (χ3v) is 3.58. The lowest BCUT2D eigenvalue weighted by Crippen LogP contribution is -2.54. The van der Waals surface area contributed by atoms with E-state index in [9.17, 15) is 13.6 Å². The number of carbonyl (C=O) groups is 1. The lowest BCUT2D eigenvalue weighted by Gasteiger charge is -2.39. The number of nitrogens with zero attached hydrogens (tertiary/aromatic N) is 1. The van der Waals surface area contributed by atoms with Crippen LogP contribution < -0.4 is 5.73 Å². The van der Waals surface area contributed by atoms with Crippen molar-refractivity contribution in [3.63, 3.8) is 0 Å². The van der Waals surface area contributed by atoms with Crippen LogP contribution in [0.5, 0.6) is 0 Å². The lowest BCUT2D eigenvalue weighted by atomic mass is 9.89. The Morgan fingerprint density at radius 2 is 2.00 bits per heavy atom. The summed E-state index contributed by atoms with van der Waals surface area (Å²) in [5.74, 6) is -3.10. The van der Waals surface area contributed by atoms with Gasteiger partial charge in [0.1, 0.15) is 0 Å². The normalized spacial score (nSPS) is 28.9. The van der Waals surface area contributed by atoms with E-state index in [0.717, 1.165) is 0 Å². The highest BCUT2D eigenvalue weighted by Crippen LogP contribution is 2.61. The number of halogens is 2. The number of nitrogens with two attached hydrogens (primary N) is 1. The van der Waals surface area contributed by atoms with Crippen molar-refractivity contribution in [2.45, 2.75) is 38.2 Å². The van der Waals surface area contributed by atoms with Crippen molar-refractivity contribution >= 4 is 5.91 Å². The van der Waals surface area contributed by atoms with Crippen molar-refractivity contribution in [3.05, 3.63) is 0 Å². The van der Waals surface area contributed by atoms with E-state index in [1.54, 1.807) is 0 Å². The second-order valence-electron chi connectivity index (χ2n) is 4.78. The molecular weight excluding hydrogens is 202 g/mol. The SMILES string of the molecule is CC(N)C(=O)N1CCC2(CC2)C(F)(F)C1. The zero-order valence-electron chi connectivity index (χ0n) is 8.80. The van der Waals surface area contributed by atoms with E-state index in [-0.39, 0.29) is 5.91 Å². The Morgan fingerprint density at radius 1 is 1.40 bits per heavy atom. The molecule has 0 aromatic carbocycles. The van der Waals surface area contributed by atoms with Gasteiger partial charge in [-0.25, -0.2) is 8.78 Å². The summed E-state index contributed by atoms with van der Waals surface area (Å²) in [6, 6.07) is -0.686. The minimum Gasteiger partial charge on any atom is -0.335 e. The molecule has 5 heteroatoms. The van der Waals surface area contributed by atoms with Crippen LogP contribution >= 0.6 is 0 Å². The molecule has 1 saturated carbocycles. The van der Waals surface area contributed by atoms with Crippen molar-refractivity contribution in [2.24, 2.45) is 11.1 Å². The molecule has 0 radical (unpaired) electrons. The van der Waals surface area contributed by atoms with E-state index in [4.69, 9.17) is 5.73 Å². The second kappa shape index (κ2) is 3.14. The molecule has 2 N–H and O–H groups in total. The van der Waals surface area contributed by atoms with Gasteiger partial charge in [-0.1, -0.05) is 0 Å². The molecule has 3 nitrogen and oxygen atoms in total. The average molecular weight is 218 g/mol. The number of alkyl halides is 2. The van der Waals surface area contributed by atoms with Gasteiger partial charge in [0.25, 0.3) is 5.92 Å². The van der Waals surface area contributed by atoms with Crippen molar-refractivity contribution in [2.75, 3.05) is 13.1 Å². The van der Waals surface area contributed by atoms with Gasteiger partial charge in [-0.3, -0.25) is 4.79 Å². The molecule has 15 heavy (non-hydrogen) atoms. The summed E-state index contributed by atoms with van der Waals surface area (Å²) in [5, 5.41) is 0. The van der Waals surface area contributed by atoms with Crippen LogP contribution in [0.3, 0.4) is 0 Å². The number of likely N-dealkylation sites (tertiary alicyclic amines) is 1. The maximum Gasteiger partial charge on any atom is 0.270 e. The van der Waals surface area contributed by atoms with Crippen LogP contribution in [0.4, 0.5) is 8.78 Å². The number of amides is 1. The van der Waals surface area contributed by atoms with Crippen molar-refractivity contribution < 1.29 is 13.6 Å². The summed E-state index contributed by atoms with van der Waals surface area (Å²) in [7, 11) is 0. The zero-order valence-corrected chi connectivity index (χ0v) is 8.80. The Hall–Kier alpha value is -0.710. The van der Waals surface area contributed by atoms with Gasteiger partial charge in [0.2, 0.25) is 5.91 Å². The van der Waals surface area contributed by atoms with Crippen molar-refractivity contribution in [3.8, 4) is 0 Å². The predicted octanol–water partition coefficient (Wildman–Crippen LogP) is 0.981. The summed E-state index contributed by atoms with van der Waals surface area (Å²) >= 11 is 0. The largest absolute Gasteiger partial charge is 0.335 e. The minimum absolute atomic E-state index is 0.370. The summed E-state index contributed by atoms with van der Waals surface area (Å²) in [4.78, 5) is 12.7.